The third-order valence-electron chi connectivity index (χ3n) is 2.58. The van der Waals surface area contributed by atoms with Gasteiger partial charge >= 0.3 is 0 Å². The molecule has 0 saturated carbocycles. The second kappa shape index (κ2) is 5.57. The number of hydrogen-bond donors (Lipinski definition) is 0. The lowest BCUT2D eigenvalue weighted by Gasteiger charge is -2.08. The number of rotatable bonds is 3. The molecule has 0 atom stereocenters. The first-order chi connectivity index (χ1) is 8.69. The van der Waals surface area contributed by atoms with Crippen LogP contribution in [-0.2, 0) is 6.61 Å². The molecule has 0 amide bonds. The Morgan fingerprint density at radius 3 is 2.56 bits per heavy atom. The van der Waals surface area contributed by atoms with Crippen molar-refractivity contribution in [2.75, 3.05) is 0 Å². The molecular formula is C15H12ClNO. The maximum absolute atomic E-state index is 8.97. The van der Waals surface area contributed by atoms with Crippen molar-refractivity contribution in [1.82, 2.24) is 0 Å². The highest BCUT2D eigenvalue weighted by Gasteiger charge is 2.04. The van der Waals surface area contributed by atoms with Crippen molar-refractivity contribution in [2.24, 2.45) is 0 Å². The van der Waals surface area contributed by atoms with Crippen molar-refractivity contribution in [3.8, 4) is 11.8 Å². The standard InChI is InChI=1S/C15H12ClNO/c1-11-2-4-12(5-3-11)10-18-15-8-14(16)7-6-13(15)9-17/h2-8H,10H2,1H3. The Morgan fingerprint density at radius 1 is 1.17 bits per heavy atom. The number of hydrogen-bond acceptors (Lipinski definition) is 2. The van der Waals surface area contributed by atoms with E-state index in [0.717, 1.165) is 5.56 Å². The molecule has 0 unspecified atom stereocenters. The van der Waals surface area contributed by atoms with Crippen LogP contribution in [0.5, 0.6) is 5.75 Å². The van der Waals surface area contributed by atoms with Crippen LogP contribution in [0.3, 0.4) is 0 Å². The molecule has 0 fully saturated rings. The van der Waals surface area contributed by atoms with Crippen LogP contribution in [0.25, 0.3) is 0 Å². The van der Waals surface area contributed by atoms with E-state index in [2.05, 4.69) is 6.07 Å². The number of halogens is 1. The molecule has 0 heterocycles. The van der Waals surface area contributed by atoms with Gasteiger partial charge in [-0.2, -0.15) is 5.26 Å². The summed E-state index contributed by atoms with van der Waals surface area (Å²) in [6, 6.07) is 15.2. The van der Waals surface area contributed by atoms with Crippen molar-refractivity contribution >= 4 is 11.6 Å². The van der Waals surface area contributed by atoms with E-state index in [1.165, 1.54) is 5.56 Å². The van der Waals surface area contributed by atoms with Gasteiger partial charge < -0.3 is 4.74 Å². The zero-order valence-electron chi connectivity index (χ0n) is 9.98. The Hall–Kier alpha value is -1.98. The van der Waals surface area contributed by atoms with Gasteiger partial charge in [-0.25, -0.2) is 0 Å². The van der Waals surface area contributed by atoms with E-state index < -0.39 is 0 Å². The van der Waals surface area contributed by atoms with E-state index in [9.17, 15) is 0 Å². The van der Waals surface area contributed by atoms with Gasteiger partial charge in [-0.3, -0.25) is 0 Å². The summed E-state index contributed by atoms with van der Waals surface area (Å²) in [5.74, 6) is 0.519. The Labute approximate surface area is 111 Å². The molecule has 0 aliphatic rings. The molecule has 0 aromatic heterocycles. The van der Waals surface area contributed by atoms with Crippen molar-refractivity contribution in [3.63, 3.8) is 0 Å². The van der Waals surface area contributed by atoms with E-state index in [1.807, 2.05) is 31.2 Å². The summed E-state index contributed by atoms with van der Waals surface area (Å²) < 4.78 is 5.63. The summed E-state index contributed by atoms with van der Waals surface area (Å²) in [7, 11) is 0. The van der Waals surface area contributed by atoms with Gasteiger partial charge in [-0.05, 0) is 24.6 Å². The smallest absolute Gasteiger partial charge is 0.139 e. The molecule has 0 bridgehead atoms. The number of nitrogens with zero attached hydrogens (tertiary/aromatic N) is 1. The number of benzene rings is 2. The van der Waals surface area contributed by atoms with E-state index in [1.54, 1.807) is 18.2 Å². The third-order valence-corrected chi connectivity index (χ3v) is 2.81. The van der Waals surface area contributed by atoms with Gasteiger partial charge in [0.15, 0.2) is 0 Å². The summed E-state index contributed by atoms with van der Waals surface area (Å²) >= 11 is 5.89. The minimum Gasteiger partial charge on any atom is -0.487 e. The highest BCUT2D eigenvalue weighted by Crippen LogP contribution is 2.23. The fourth-order valence-corrected chi connectivity index (χ4v) is 1.72. The van der Waals surface area contributed by atoms with Gasteiger partial charge in [-0.15, -0.1) is 0 Å². The van der Waals surface area contributed by atoms with Gasteiger partial charge in [0.25, 0.3) is 0 Å². The Balaban J connectivity index is 2.13. The van der Waals surface area contributed by atoms with Crippen LogP contribution in [0.15, 0.2) is 42.5 Å². The van der Waals surface area contributed by atoms with Crippen LogP contribution in [0, 0.1) is 18.3 Å². The van der Waals surface area contributed by atoms with Crippen LogP contribution in [0.2, 0.25) is 5.02 Å². The molecule has 0 spiro atoms. The van der Waals surface area contributed by atoms with E-state index in [4.69, 9.17) is 21.6 Å². The zero-order valence-corrected chi connectivity index (χ0v) is 10.7. The second-order valence-electron chi connectivity index (χ2n) is 4.03. The molecule has 90 valence electrons. The molecule has 0 radical (unpaired) electrons. The largest absolute Gasteiger partial charge is 0.487 e. The van der Waals surface area contributed by atoms with Crippen LogP contribution in [0.4, 0.5) is 0 Å². The zero-order chi connectivity index (χ0) is 13.0. The molecule has 0 aliphatic carbocycles. The summed E-state index contributed by atoms with van der Waals surface area (Å²) in [6.45, 7) is 2.46. The number of ether oxygens (including phenoxy) is 1. The molecule has 2 aromatic rings. The quantitative estimate of drug-likeness (QED) is 0.829. The average Bonchev–Trinajstić information content (AvgIpc) is 2.38. The van der Waals surface area contributed by atoms with Crippen molar-refractivity contribution in [3.05, 3.63) is 64.2 Å². The lowest BCUT2D eigenvalue weighted by Crippen LogP contribution is -1.97. The van der Waals surface area contributed by atoms with Gasteiger partial charge in [-0.1, -0.05) is 41.4 Å². The van der Waals surface area contributed by atoms with Crippen LogP contribution < -0.4 is 4.74 Å². The molecule has 3 heteroatoms. The van der Waals surface area contributed by atoms with Crippen LogP contribution >= 0.6 is 11.6 Å². The Morgan fingerprint density at radius 2 is 1.89 bits per heavy atom. The van der Waals surface area contributed by atoms with Crippen molar-refractivity contribution < 1.29 is 4.74 Å². The number of aryl methyl sites for hydroxylation is 1. The van der Waals surface area contributed by atoms with Crippen molar-refractivity contribution in [2.45, 2.75) is 13.5 Å². The lowest BCUT2D eigenvalue weighted by molar-refractivity contribution is 0.305. The molecule has 2 rings (SSSR count). The minimum absolute atomic E-state index is 0.426. The second-order valence-corrected chi connectivity index (χ2v) is 4.46. The minimum atomic E-state index is 0.426. The number of nitriles is 1. The average molecular weight is 258 g/mol. The maximum atomic E-state index is 8.97. The predicted octanol–water partition coefficient (Wildman–Crippen LogP) is 4.10. The predicted molar refractivity (Wildman–Crippen MR) is 71.7 cm³/mol. The fourth-order valence-electron chi connectivity index (χ4n) is 1.55. The molecular weight excluding hydrogens is 246 g/mol. The maximum Gasteiger partial charge on any atom is 0.139 e. The van der Waals surface area contributed by atoms with Crippen LogP contribution in [0.1, 0.15) is 16.7 Å². The SMILES string of the molecule is Cc1ccc(COc2cc(Cl)ccc2C#N)cc1. The highest BCUT2D eigenvalue weighted by atomic mass is 35.5. The van der Waals surface area contributed by atoms with Crippen LogP contribution in [-0.4, -0.2) is 0 Å². The topological polar surface area (TPSA) is 33.0 Å². The summed E-state index contributed by atoms with van der Waals surface area (Å²) in [6.07, 6.45) is 0. The molecule has 0 aliphatic heterocycles. The summed E-state index contributed by atoms with van der Waals surface area (Å²) in [4.78, 5) is 0. The van der Waals surface area contributed by atoms with E-state index >= 15 is 0 Å². The van der Waals surface area contributed by atoms with Gasteiger partial charge in [0.05, 0.1) is 5.56 Å². The summed E-state index contributed by atoms with van der Waals surface area (Å²) in [5.41, 5.74) is 2.76. The van der Waals surface area contributed by atoms with Gasteiger partial charge in [0.2, 0.25) is 0 Å². The fraction of sp³-hybridized carbons (Fsp3) is 0.133. The molecule has 0 saturated heterocycles. The molecule has 2 nitrogen and oxygen atoms in total. The lowest BCUT2D eigenvalue weighted by atomic mass is 10.1. The van der Waals surface area contributed by atoms with Crippen molar-refractivity contribution in [1.29, 1.82) is 5.26 Å². The summed E-state index contributed by atoms with van der Waals surface area (Å²) in [5, 5.41) is 9.53. The monoisotopic (exact) mass is 257 g/mol. The molecule has 2 aromatic carbocycles. The van der Waals surface area contributed by atoms with Gasteiger partial charge in [0, 0.05) is 11.1 Å². The first-order valence-corrected chi connectivity index (χ1v) is 5.95. The Kier molecular flexibility index (Phi) is 3.86. The van der Waals surface area contributed by atoms with E-state index in [-0.39, 0.29) is 0 Å². The molecule has 18 heavy (non-hydrogen) atoms. The van der Waals surface area contributed by atoms with Gasteiger partial charge in [0.1, 0.15) is 18.4 Å². The first kappa shape index (κ1) is 12.5. The third kappa shape index (κ3) is 3.03. The molecule has 0 N–H and O–H groups in total. The normalized spacial score (nSPS) is 9.83. The van der Waals surface area contributed by atoms with E-state index in [0.29, 0.717) is 22.9 Å². The Bertz CT molecular complexity index is 584. The first-order valence-electron chi connectivity index (χ1n) is 5.57. The highest BCUT2D eigenvalue weighted by molar-refractivity contribution is 6.30.